The zero-order valence-corrected chi connectivity index (χ0v) is 14.9. The average Bonchev–Trinajstić information content (AvgIpc) is 3.06. The monoisotopic (exact) mass is 337 g/mol. The van der Waals surface area contributed by atoms with Crippen LogP contribution in [0.5, 0.6) is 0 Å². The highest BCUT2D eigenvalue weighted by atomic mass is 32.1. The van der Waals surface area contributed by atoms with Gasteiger partial charge in [0.15, 0.2) is 0 Å². The molecule has 1 aromatic rings. The van der Waals surface area contributed by atoms with Crippen LogP contribution in [0.25, 0.3) is 0 Å². The van der Waals surface area contributed by atoms with Crippen LogP contribution in [0.2, 0.25) is 0 Å². The van der Waals surface area contributed by atoms with Crippen molar-refractivity contribution in [3.05, 3.63) is 22.4 Å². The quantitative estimate of drug-likeness (QED) is 0.824. The molecule has 1 saturated heterocycles. The fraction of sp³-hybridized carbons (Fsp3) is 0.647. The second-order valence-corrected chi connectivity index (χ2v) is 7.15. The third kappa shape index (κ3) is 5.95. The smallest absolute Gasteiger partial charge is 0.234 e. The number of thiophene rings is 1. The summed E-state index contributed by atoms with van der Waals surface area (Å²) in [6, 6.07) is 4.32. The lowest BCUT2D eigenvalue weighted by atomic mass is 10.2. The van der Waals surface area contributed by atoms with Crippen molar-refractivity contribution in [2.45, 2.75) is 39.2 Å². The Kier molecular flexibility index (Phi) is 7.05. The summed E-state index contributed by atoms with van der Waals surface area (Å²) in [7, 11) is 0. The van der Waals surface area contributed by atoms with Crippen molar-refractivity contribution < 1.29 is 9.59 Å². The van der Waals surface area contributed by atoms with Gasteiger partial charge in [0, 0.05) is 43.5 Å². The Labute approximate surface area is 142 Å². The molecule has 6 heteroatoms. The predicted octanol–water partition coefficient (Wildman–Crippen LogP) is 1.74. The van der Waals surface area contributed by atoms with E-state index in [1.54, 1.807) is 11.3 Å². The molecule has 1 fully saturated rings. The second-order valence-electron chi connectivity index (χ2n) is 6.11. The molecule has 1 unspecified atom stereocenters. The number of nitrogens with one attached hydrogen (secondary N) is 1. The molecule has 0 radical (unpaired) electrons. The molecule has 1 atom stereocenters. The Morgan fingerprint density at radius 1 is 1.30 bits per heavy atom. The Morgan fingerprint density at radius 2 is 2.04 bits per heavy atom. The van der Waals surface area contributed by atoms with E-state index in [9.17, 15) is 9.59 Å². The lowest BCUT2D eigenvalue weighted by Gasteiger charge is -2.34. The van der Waals surface area contributed by atoms with Crippen LogP contribution < -0.4 is 5.32 Å². The van der Waals surface area contributed by atoms with E-state index in [4.69, 9.17) is 0 Å². The standard InChI is InChI=1S/C17H27N3O2S/c1-3-14(2)18-16(21)13-19-8-10-20(11-9-19)17(22)7-6-15-5-4-12-23-15/h4-5,12,14H,3,6-11,13H2,1-2H3,(H,18,21). The average molecular weight is 337 g/mol. The summed E-state index contributed by atoms with van der Waals surface area (Å²) >= 11 is 1.70. The fourth-order valence-electron chi connectivity index (χ4n) is 2.62. The molecule has 2 rings (SSSR count). The number of hydrogen-bond acceptors (Lipinski definition) is 4. The summed E-state index contributed by atoms with van der Waals surface area (Å²) in [4.78, 5) is 29.5. The van der Waals surface area contributed by atoms with Gasteiger partial charge in [-0.2, -0.15) is 0 Å². The molecule has 2 heterocycles. The summed E-state index contributed by atoms with van der Waals surface area (Å²) in [5.74, 6) is 0.305. The van der Waals surface area contributed by atoms with Gasteiger partial charge in [-0.1, -0.05) is 13.0 Å². The molecule has 0 aliphatic carbocycles. The number of carbonyl (C=O) groups excluding carboxylic acids is 2. The van der Waals surface area contributed by atoms with E-state index in [1.165, 1.54) is 4.88 Å². The number of nitrogens with zero attached hydrogens (tertiary/aromatic N) is 2. The van der Waals surface area contributed by atoms with Crippen LogP contribution in [0.15, 0.2) is 17.5 Å². The predicted molar refractivity (Wildman–Crippen MR) is 93.6 cm³/mol. The van der Waals surface area contributed by atoms with Gasteiger partial charge < -0.3 is 10.2 Å². The molecule has 0 aromatic carbocycles. The van der Waals surface area contributed by atoms with Crippen LogP contribution in [0.1, 0.15) is 31.6 Å². The second kappa shape index (κ2) is 9.03. The lowest BCUT2D eigenvalue weighted by Crippen LogP contribution is -2.51. The van der Waals surface area contributed by atoms with E-state index in [-0.39, 0.29) is 17.9 Å². The van der Waals surface area contributed by atoms with E-state index in [0.29, 0.717) is 13.0 Å². The Balaban J connectivity index is 1.66. The first kappa shape index (κ1) is 17.9. The van der Waals surface area contributed by atoms with Crippen LogP contribution in [0.4, 0.5) is 0 Å². The zero-order valence-electron chi connectivity index (χ0n) is 14.1. The van der Waals surface area contributed by atoms with Crippen molar-refractivity contribution in [3.63, 3.8) is 0 Å². The summed E-state index contributed by atoms with van der Waals surface area (Å²) in [6.45, 7) is 7.51. The van der Waals surface area contributed by atoms with Gasteiger partial charge in [0.2, 0.25) is 11.8 Å². The third-order valence-electron chi connectivity index (χ3n) is 4.28. The maximum atomic E-state index is 12.2. The fourth-order valence-corrected chi connectivity index (χ4v) is 3.33. The number of piperazine rings is 1. The van der Waals surface area contributed by atoms with Crippen LogP contribution in [-0.2, 0) is 16.0 Å². The molecule has 1 aliphatic rings. The lowest BCUT2D eigenvalue weighted by molar-refractivity contribution is -0.133. The molecule has 23 heavy (non-hydrogen) atoms. The van der Waals surface area contributed by atoms with Crippen LogP contribution in [0.3, 0.4) is 0 Å². The van der Waals surface area contributed by atoms with Gasteiger partial charge >= 0.3 is 0 Å². The van der Waals surface area contributed by atoms with Crippen molar-refractivity contribution >= 4 is 23.2 Å². The van der Waals surface area contributed by atoms with E-state index in [1.807, 2.05) is 23.3 Å². The summed E-state index contributed by atoms with van der Waals surface area (Å²) in [5.41, 5.74) is 0. The number of hydrogen-bond donors (Lipinski definition) is 1. The van der Waals surface area contributed by atoms with E-state index in [0.717, 1.165) is 39.0 Å². The van der Waals surface area contributed by atoms with Crippen LogP contribution >= 0.6 is 11.3 Å². The van der Waals surface area contributed by atoms with Crippen molar-refractivity contribution in [2.75, 3.05) is 32.7 Å². The van der Waals surface area contributed by atoms with E-state index < -0.39 is 0 Å². The van der Waals surface area contributed by atoms with Gasteiger partial charge in [0.05, 0.1) is 6.54 Å². The summed E-state index contributed by atoms with van der Waals surface area (Å²) in [5, 5.41) is 5.03. The first-order valence-electron chi connectivity index (χ1n) is 8.40. The highest BCUT2D eigenvalue weighted by molar-refractivity contribution is 7.09. The van der Waals surface area contributed by atoms with Crippen molar-refractivity contribution in [1.82, 2.24) is 15.1 Å². The van der Waals surface area contributed by atoms with Crippen LogP contribution in [-0.4, -0.2) is 60.4 Å². The summed E-state index contributed by atoms with van der Waals surface area (Å²) < 4.78 is 0. The first-order valence-corrected chi connectivity index (χ1v) is 9.28. The van der Waals surface area contributed by atoms with Crippen LogP contribution in [0, 0.1) is 0 Å². The molecule has 2 amide bonds. The maximum absolute atomic E-state index is 12.2. The number of rotatable bonds is 7. The zero-order chi connectivity index (χ0) is 16.7. The van der Waals surface area contributed by atoms with Gasteiger partial charge in [0.1, 0.15) is 0 Å². The summed E-state index contributed by atoms with van der Waals surface area (Å²) in [6.07, 6.45) is 2.35. The molecule has 1 aliphatic heterocycles. The molecule has 0 spiro atoms. The topological polar surface area (TPSA) is 52.7 Å². The Morgan fingerprint density at radius 3 is 2.65 bits per heavy atom. The van der Waals surface area contributed by atoms with Crippen molar-refractivity contribution in [1.29, 1.82) is 0 Å². The minimum absolute atomic E-state index is 0.0804. The molecular formula is C17H27N3O2S. The Hall–Kier alpha value is -1.40. The highest BCUT2D eigenvalue weighted by Crippen LogP contribution is 2.12. The third-order valence-corrected chi connectivity index (χ3v) is 5.21. The minimum Gasteiger partial charge on any atom is -0.353 e. The van der Waals surface area contributed by atoms with Gasteiger partial charge in [-0.25, -0.2) is 0 Å². The SMILES string of the molecule is CCC(C)NC(=O)CN1CCN(C(=O)CCc2cccs2)CC1. The highest BCUT2D eigenvalue weighted by Gasteiger charge is 2.22. The van der Waals surface area contributed by atoms with Gasteiger partial charge in [0.25, 0.3) is 0 Å². The molecular weight excluding hydrogens is 310 g/mol. The van der Waals surface area contributed by atoms with E-state index >= 15 is 0 Å². The van der Waals surface area contributed by atoms with Crippen molar-refractivity contribution in [2.24, 2.45) is 0 Å². The maximum Gasteiger partial charge on any atom is 0.234 e. The van der Waals surface area contributed by atoms with Gasteiger partial charge in [-0.3, -0.25) is 14.5 Å². The largest absolute Gasteiger partial charge is 0.353 e. The molecule has 128 valence electrons. The van der Waals surface area contributed by atoms with E-state index in [2.05, 4.69) is 23.2 Å². The minimum atomic E-state index is 0.0804. The number of carbonyl (C=O) groups is 2. The molecule has 0 bridgehead atoms. The first-order chi connectivity index (χ1) is 11.1. The molecule has 1 N–H and O–H groups in total. The van der Waals surface area contributed by atoms with Crippen molar-refractivity contribution in [3.8, 4) is 0 Å². The molecule has 5 nitrogen and oxygen atoms in total. The van der Waals surface area contributed by atoms with Gasteiger partial charge in [-0.15, -0.1) is 11.3 Å². The molecule has 1 aromatic heterocycles. The molecule has 0 saturated carbocycles. The number of amides is 2. The normalized spacial score (nSPS) is 17.0. The number of aryl methyl sites for hydroxylation is 1. The Bertz CT molecular complexity index is 496. The van der Waals surface area contributed by atoms with Gasteiger partial charge in [-0.05, 0) is 31.2 Å².